The van der Waals surface area contributed by atoms with E-state index in [2.05, 4.69) is 10.5 Å². The zero-order valence-corrected chi connectivity index (χ0v) is 13.2. The minimum atomic E-state index is -0.463. The van der Waals surface area contributed by atoms with Crippen LogP contribution in [0.25, 0.3) is 0 Å². The number of anilines is 1. The van der Waals surface area contributed by atoms with Crippen LogP contribution >= 0.6 is 11.8 Å². The third kappa shape index (κ3) is 4.97. The zero-order chi connectivity index (χ0) is 16.7. The fraction of sp³-hybridized carbons (Fsp3) is 0.400. The molecule has 0 amide bonds. The molecule has 0 bridgehead atoms. The molecule has 1 N–H and O–H groups in total. The quantitative estimate of drug-likeness (QED) is 0.498. The SMILES string of the molecule is N#CC(C#N)=NNc1cc(SC2CCCCC2)cc([N+](=O)[O-])c1. The summed E-state index contributed by atoms with van der Waals surface area (Å²) in [5, 5.41) is 32.5. The smallest absolute Gasteiger partial charge is 0.272 e. The molecule has 1 aliphatic rings. The van der Waals surface area contributed by atoms with Crippen molar-refractivity contribution in [3.63, 3.8) is 0 Å². The molecule has 0 aromatic heterocycles. The van der Waals surface area contributed by atoms with Crippen LogP contribution in [-0.4, -0.2) is 15.9 Å². The molecule has 0 atom stereocenters. The van der Waals surface area contributed by atoms with Gasteiger partial charge in [-0.1, -0.05) is 19.3 Å². The Morgan fingerprint density at radius 1 is 1.26 bits per heavy atom. The zero-order valence-electron chi connectivity index (χ0n) is 12.4. The average molecular weight is 329 g/mol. The number of nitrogens with one attached hydrogen (secondary N) is 1. The molecule has 23 heavy (non-hydrogen) atoms. The maximum atomic E-state index is 11.1. The monoisotopic (exact) mass is 329 g/mol. The molecule has 8 heteroatoms. The first kappa shape index (κ1) is 16.8. The summed E-state index contributed by atoms with van der Waals surface area (Å²) < 4.78 is 0. The Bertz CT molecular complexity index is 683. The topological polar surface area (TPSA) is 115 Å². The van der Waals surface area contributed by atoms with Crippen LogP contribution in [0, 0.1) is 32.8 Å². The Hall–Kier alpha value is -2.58. The average Bonchev–Trinajstić information content (AvgIpc) is 2.56. The standard InChI is InChI=1S/C15H15N5O2S/c16-9-12(10-17)19-18-11-6-13(20(21)22)8-15(7-11)23-14-4-2-1-3-5-14/h6-8,14,18H,1-5H2. The molecule has 0 saturated heterocycles. The van der Waals surface area contributed by atoms with Crippen molar-refractivity contribution in [1.29, 1.82) is 10.5 Å². The van der Waals surface area contributed by atoms with Gasteiger partial charge < -0.3 is 0 Å². The number of benzene rings is 1. The first-order valence-corrected chi connectivity index (χ1v) is 8.10. The van der Waals surface area contributed by atoms with Crippen molar-refractivity contribution >= 4 is 28.8 Å². The van der Waals surface area contributed by atoms with Gasteiger partial charge in [-0.15, -0.1) is 11.8 Å². The molecule has 0 radical (unpaired) electrons. The van der Waals surface area contributed by atoms with Gasteiger partial charge in [-0.05, 0) is 18.9 Å². The van der Waals surface area contributed by atoms with Crippen LogP contribution in [0.15, 0.2) is 28.2 Å². The molecule has 1 saturated carbocycles. The van der Waals surface area contributed by atoms with E-state index in [1.807, 2.05) is 0 Å². The lowest BCUT2D eigenvalue weighted by molar-refractivity contribution is -0.385. The molecular weight excluding hydrogens is 314 g/mol. The van der Waals surface area contributed by atoms with E-state index in [-0.39, 0.29) is 11.4 Å². The largest absolute Gasteiger partial charge is 0.276 e. The lowest BCUT2D eigenvalue weighted by Crippen LogP contribution is -2.07. The molecule has 1 aromatic rings. The predicted octanol–water partition coefficient (Wildman–Crippen LogP) is 3.83. The van der Waals surface area contributed by atoms with Gasteiger partial charge in [0.1, 0.15) is 12.1 Å². The Morgan fingerprint density at radius 3 is 2.57 bits per heavy atom. The minimum absolute atomic E-state index is 0.0426. The number of nitro groups is 1. The molecule has 0 unspecified atom stereocenters. The van der Waals surface area contributed by atoms with Gasteiger partial charge in [0.15, 0.2) is 0 Å². The first-order valence-electron chi connectivity index (χ1n) is 7.22. The number of hydrazone groups is 1. The molecule has 0 heterocycles. The number of nitrogens with zero attached hydrogens (tertiary/aromatic N) is 4. The van der Waals surface area contributed by atoms with Gasteiger partial charge in [0.2, 0.25) is 5.71 Å². The van der Waals surface area contributed by atoms with Crippen LogP contribution in [0.1, 0.15) is 32.1 Å². The van der Waals surface area contributed by atoms with E-state index in [9.17, 15) is 10.1 Å². The van der Waals surface area contributed by atoms with Crippen LogP contribution < -0.4 is 5.43 Å². The summed E-state index contributed by atoms with van der Waals surface area (Å²) in [5.74, 6) is 0. The van der Waals surface area contributed by atoms with E-state index in [0.29, 0.717) is 10.9 Å². The van der Waals surface area contributed by atoms with Crippen LogP contribution in [0.5, 0.6) is 0 Å². The second-order valence-electron chi connectivity index (χ2n) is 5.15. The fourth-order valence-electron chi connectivity index (χ4n) is 2.39. The molecule has 1 aromatic carbocycles. The van der Waals surface area contributed by atoms with E-state index >= 15 is 0 Å². The molecule has 0 spiro atoms. The van der Waals surface area contributed by atoms with Gasteiger partial charge in [-0.2, -0.15) is 15.6 Å². The van der Waals surface area contributed by atoms with Gasteiger partial charge in [-0.25, -0.2) is 0 Å². The summed E-state index contributed by atoms with van der Waals surface area (Å²) >= 11 is 1.63. The Labute approximate surface area is 138 Å². The van der Waals surface area contributed by atoms with Gasteiger partial charge >= 0.3 is 0 Å². The van der Waals surface area contributed by atoms with E-state index in [4.69, 9.17) is 10.5 Å². The highest BCUT2D eigenvalue weighted by Crippen LogP contribution is 2.36. The fourth-order valence-corrected chi connectivity index (χ4v) is 3.73. The highest BCUT2D eigenvalue weighted by molar-refractivity contribution is 8.00. The lowest BCUT2D eigenvalue weighted by atomic mass is 10.0. The predicted molar refractivity (Wildman–Crippen MR) is 88.1 cm³/mol. The van der Waals surface area contributed by atoms with Gasteiger partial charge in [-0.3, -0.25) is 15.5 Å². The van der Waals surface area contributed by atoms with E-state index in [1.54, 1.807) is 36.0 Å². The maximum Gasteiger partial charge on any atom is 0.272 e. The van der Waals surface area contributed by atoms with Crippen LogP contribution in [0.2, 0.25) is 0 Å². The van der Waals surface area contributed by atoms with E-state index < -0.39 is 4.92 Å². The number of hydrogen-bond donors (Lipinski definition) is 1. The molecular formula is C15H15N5O2S. The number of non-ortho nitro benzene ring substituents is 1. The third-order valence-electron chi connectivity index (χ3n) is 3.47. The molecule has 2 rings (SSSR count). The van der Waals surface area contributed by atoms with Crippen molar-refractivity contribution in [2.75, 3.05) is 5.43 Å². The van der Waals surface area contributed by atoms with Crippen LogP contribution in [0.3, 0.4) is 0 Å². The van der Waals surface area contributed by atoms with Crippen molar-refractivity contribution in [2.45, 2.75) is 42.2 Å². The summed E-state index contributed by atoms with van der Waals surface area (Å²) in [6.07, 6.45) is 5.85. The number of hydrogen-bond acceptors (Lipinski definition) is 7. The van der Waals surface area contributed by atoms with Crippen molar-refractivity contribution in [3.05, 3.63) is 28.3 Å². The van der Waals surface area contributed by atoms with Gasteiger partial charge in [0.05, 0.1) is 10.6 Å². The molecule has 0 aliphatic heterocycles. The summed E-state index contributed by atoms with van der Waals surface area (Å²) in [6.45, 7) is 0. The van der Waals surface area contributed by atoms with Crippen LogP contribution in [-0.2, 0) is 0 Å². The lowest BCUT2D eigenvalue weighted by Gasteiger charge is -2.21. The third-order valence-corrected chi connectivity index (χ3v) is 4.78. The second kappa shape index (κ2) is 8.16. The van der Waals surface area contributed by atoms with E-state index in [1.165, 1.54) is 25.3 Å². The maximum absolute atomic E-state index is 11.1. The van der Waals surface area contributed by atoms with Gasteiger partial charge in [0.25, 0.3) is 5.69 Å². The summed E-state index contributed by atoms with van der Waals surface area (Å²) in [4.78, 5) is 11.4. The molecule has 7 nitrogen and oxygen atoms in total. The molecule has 1 aliphatic carbocycles. The summed E-state index contributed by atoms with van der Waals surface area (Å²) in [6, 6.07) is 7.89. The first-order chi connectivity index (χ1) is 11.1. The summed E-state index contributed by atoms with van der Waals surface area (Å²) in [5.41, 5.74) is 2.56. The van der Waals surface area contributed by atoms with Crippen molar-refractivity contribution in [1.82, 2.24) is 0 Å². The van der Waals surface area contributed by atoms with E-state index in [0.717, 1.165) is 17.7 Å². The van der Waals surface area contributed by atoms with Crippen molar-refractivity contribution in [2.24, 2.45) is 5.10 Å². The Morgan fingerprint density at radius 2 is 1.96 bits per heavy atom. The Kier molecular flexibility index (Phi) is 5.95. The molecule has 118 valence electrons. The number of nitro benzene ring substituents is 1. The number of rotatable bonds is 5. The Balaban J connectivity index is 2.21. The van der Waals surface area contributed by atoms with Crippen molar-refractivity contribution in [3.8, 4) is 12.1 Å². The highest BCUT2D eigenvalue weighted by atomic mass is 32.2. The van der Waals surface area contributed by atoms with Gasteiger partial charge in [0, 0.05) is 22.3 Å². The minimum Gasteiger partial charge on any atom is -0.276 e. The molecule has 1 fully saturated rings. The highest BCUT2D eigenvalue weighted by Gasteiger charge is 2.17. The summed E-state index contributed by atoms with van der Waals surface area (Å²) in [7, 11) is 0. The number of nitriles is 2. The van der Waals surface area contributed by atoms with Crippen LogP contribution in [0.4, 0.5) is 11.4 Å². The van der Waals surface area contributed by atoms with Crippen molar-refractivity contribution < 1.29 is 4.92 Å². The second-order valence-corrected chi connectivity index (χ2v) is 6.52. The normalized spacial score (nSPS) is 14.3. The number of thioether (sulfide) groups is 1.